The molecule has 0 saturated heterocycles. The summed E-state index contributed by atoms with van der Waals surface area (Å²) in [6.45, 7) is -0.673. The van der Waals surface area contributed by atoms with E-state index in [0.717, 1.165) is 0 Å². The maximum Gasteiger partial charge on any atom is 1.00 e. The molecule has 0 fully saturated rings. The molecule has 0 unspecified atom stereocenters. The molecule has 0 bridgehead atoms. The van der Waals surface area contributed by atoms with Crippen LogP contribution in [-0.4, -0.2) is 34.2 Å². The Balaban J connectivity index is 0. The van der Waals surface area contributed by atoms with Crippen LogP contribution in [0.1, 0.15) is 0 Å². The molecule has 0 aromatic carbocycles. The van der Waals surface area contributed by atoms with Crippen molar-refractivity contribution in [1.29, 1.82) is 0 Å². The molecule has 0 aliphatic heterocycles. The van der Waals surface area contributed by atoms with Gasteiger partial charge in [-0.1, -0.05) is 0 Å². The normalized spacial score (nSPS) is 12.3. The summed E-state index contributed by atoms with van der Waals surface area (Å²) < 4.78 is 61.7. The van der Waals surface area contributed by atoms with Gasteiger partial charge in [0.05, 0.1) is 0 Å². The Hall–Kier alpha value is 1.30. The first-order valence-corrected chi connectivity index (χ1v) is 4.24. The van der Waals surface area contributed by atoms with Gasteiger partial charge in [-0.25, -0.2) is 8.42 Å². The number of alkyl halides is 3. The fraction of sp³-hybridized carbons (Fsp3) is 1.00. The van der Waals surface area contributed by atoms with Gasteiger partial charge in [-0.15, -0.1) is 6.54 Å². The smallest absolute Gasteiger partial charge is 0.539 e. The fourth-order valence-corrected chi connectivity index (χ4v) is 0.783. The maximum absolute atomic E-state index is 11.5. The third-order valence-electron chi connectivity index (χ3n) is 0.849. The van der Waals surface area contributed by atoms with E-state index in [0.29, 0.717) is 0 Å². The number of sulfonamides is 1. The summed E-state index contributed by atoms with van der Waals surface area (Å²) in [6.07, 6.45) is 0. The van der Waals surface area contributed by atoms with Crippen LogP contribution < -0.4 is 51.4 Å². The van der Waals surface area contributed by atoms with Gasteiger partial charge in [0.25, 0.3) is 0 Å². The van der Waals surface area contributed by atoms with E-state index in [4.69, 9.17) is 0 Å². The van der Waals surface area contributed by atoms with E-state index >= 15 is 0 Å². The molecule has 0 aliphatic rings. The van der Waals surface area contributed by atoms with Gasteiger partial charge >= 0.3 is 56.9 Å². The molecular weight excluding hydrogens is 238 g/mol. The van der Waals surface area contributed by atoms with E-state index in [9.17, 15) is 21.6 Å². The molecule has 0 N–H and O–H groups in total. The van der Waals surface area contributed by atoms with Crippen molar-refractivity contribution in [2.24, 2.45) is 0 Å². The fourth-order valence-electron chi connectivity index (χ4n) is 0.322. The monoisotopic (exact) mass is 245 g/mol. The molecule has 0 atom stereocenters. The number of ether oxygens (including phenoxy) is 1. The van der Waals surface area contributed by atoms with Crippen LogP contribution in [0.2, 0.25) is 0 Å². The largest absolute Gasteiger partial charge is 1.00 e. The van der Waals surface area contributed by atoms with Gasteiger partial charge in [0, 0.05) is 13.7 Å². The summed E-state index contributed by atoms with van der Waals surface area (Å²) >= 11 is 0. The van der Waals surface area contributed by atoms with Crippen molar-refractivity contribution >= 4 is 10.0 Å². The molecule has 4 nitrogen and oxygen atoms in total. The Bertz CT molecular complexity index is 227. The Kier molecular flexibility index (Phi) is 8.64. The van der Waals surface area contributed by atoms with Crippen LogP contribution in [0.15, 0.2) is 0 Å². The number of halogens is 3. The number of methoxy groups -OCH3 is 1. The van der Waals surface area contributed by atoms with Crippen LogP contribution in [0.4, 0.5) is 13.2 Å². The Morgan fingerprint density at radius 1 is 1.38 bits per heavy atom. The minimum Gasteiger partial charge on any atom is -0.539 e. The maximum atomic E-state index is 11.5. The summed E-state index contributed by atoms with van der Waals surface area (Å²) in [5.74, 6) is 0. The van der Waals surface area contributed by atoms with Crippen LogP contribution >= 0.6 is 0 Å². The van der Waals surface area contributed by atoms with Gasteiger partial charge in [0.2, 0.25) is 0 Å². The molecule has 0 amide bonds. The van der Waals surface area contributed by atoms with E-state index < -0.39 is 22.1 Å². The predicted molar refractivity (Wildman–Crippen MR) is 35.1 cm³/mol. The summed E-state index contributed by atoms with van der Waals surface area (Å²) in [4.78, 5) is 0. The number of hydrogen-bond acceptors (Lipinski definition) is 3. The molecule has 9 heteroatoms. The van der Waals surface area contributed by atoms with E-state index in [1.165, 1.54) is 7.11 Å². The average Bonchev–Trinajstić information content (AvgIpc) is 1.85. The average molecular weight is 245 g/mol. The molecule has 0 radical (unpaired) electrons. The van der Waals surface area contributed by atoms with Gasteiger partial charge in [-0.05, 0) is 0 Å². The van der Waals surface area contributed by atoms with E-state index in [-0.39, 0.29) is 58.0 Å². The zero-order valence-corrected chi connectivity index (χ0v) is 11.1. The number of hydrogen-bond donors (Lipinski definition) is 0. The first-order valence-electron chi connectivity index (χ1n) is 2.80. The second kappa shape index (κ2) is 6.72. The van der Waals surface area contributed by atoms with E-state index in [1.54, 1.807) is 0 Å². The van der Waals surface area contributed by atoms with Crippen molar-refractivity contribution in [3.05, 3.63) is 4.72 Å². The first-order chi connectivity index (χ1) is 5.31. The van der Waals surface area contributed by atoms with Crippen molar-refractivity contribution < 1.29 is 77.7 Å². The zero-order chi connectivity index (χ0) is 9.83. The Morgan fingerprint density at radius 3 is 2.15 bits per heavy atom. The predicted octanol–water partition coefficient (Wildman–Crippen LogP) is -2.14. The summed E-state index contributed by atoms with van der Waals surface area (Å²) in [5.41, 5.74) is -5.30. The van der Waals surface area contributed by atoms with Crippen molar-refractivity contribution in [2.45, 2.75) is 5.51 Å². The van der Waals surface area contributed by atoms with Crippen molar-refractivity contribution in [3.8, 4) is 0 Å². The standard InChI is InChI=1S/C4H7F3NO3S.K/c1-11-3-2-8-12(9,10)4(5,6)7;/h2-3H2,1H3;/q-1;+1. The van der Waals surface area contributed by atoms with E-state index in [2.05, 4.69) is 9.46 Å². The number of nitrogens with zero attached hydrogens (tertiary/aromatic N) is 1. The van der Waals surface area contributed by atoms with Gasteiger partial charge < -0.3 is 9.46 Å². The molecule has 0 rings (SSSR count). The van der Waals surface area contributed by atoms with Gasteiger partial charge in [0.1, 0.15) is 0 Å². The zero-order valence-electron chi connectivity index (χ0n) is 7.13. The van der Waals surface area contributed by atoms with Crippen molar-refractivity contribution in [1.82, 2.24) is 0 Å². The Labute approximate surface area is 117 Å². The third kappa shape index (κ3) is 6.39. The Morgan fingerprint density at radius 2 is 1.85 bits per heavy atom. The van der Waals surface area contributed by atoms with Crippen LogP contribution in [-0.2, 0) is 14.8 Å². The second-order valence-electron chi connectivity index (χ2n) is 1.77. The molecule has 74 valence electrons. The molecule has 0 saturated carbocycles. The molecule has 0 spiro atoms. The van der Waals surface area contributed by atoms with E-state index in [1.807, 2.05) is 0 Å². The molecule has 0 aromatic rings. The molecule has 13 heavy (non-hydrogen) atoms. The minimum atomic E-state index is -5.32. The molecule has 0 aromatic heterocycles. The van der Waals surface area contributed by atoms with Crippen LogP contribution in [0.5, 0.6) is 0 Å². The van der Waals surface area contributed by atoms with Crippen LogP contribution in [0.25, 0.3) is 4.72 Å². The molecule has 0 heterocycles. The first kappa shape index (κ1) is 16.7. The summed E-state index contributed by atoms with van der Waals surface area (Å²) in [7, 11) is -4.09. The SMILES string of the molecule is COCC[N-]S(=O)(=O)C(F)(F)F.[K+]. The minimum absolute atomic E-state index is 0. The van der Waals surface area contributed by atoms with Gasteiger partial charge in [-0.2, -0.15) is 13.2 Å². The third-order valence-corrected chi connectivity index (χ3v) is 1.96. The summed E-state index contributed by atoms with van der Waals surface area (Å²) in [5, 5.41) is 0. The van der Waals surface area contributed by atoms with Gasteiger partial charge in [-0.3, -0.25) is 0 Å². The summed E-state index contributed by atoms with van der Waals surface area (Å²) in [6, 6.07) is 0. The number of rotatable bonds is 4. The molecular formula is C4H7F3KNO3S. The van der Waals surface area contributed by atoms with Crippen molar-refractivity contribution in [2.75, 3.05) is 20.3 Å². The van der Waals surface area contributed by atoms with Crippen molar-refractivity contribution in [3.63, 3.8) is 0 Å². The van der Waals surface area contributed by atoms with Crippen LogP contribution in [0, 0.1) is 0 Å². The quantitative estimate of drug-likeness (QED) is 0.419. The van der Waals surface area contributed by atoms with Gasteiger partial charge in [0.15, 0.2) is 10.0 Å². The molecule has 0 aliphatic carbocycles. The van der Waals surface area contributed by atoms with Crippen LogP contribution in [0.3, 0.4) is 0 Å². The second-order valence-corrected chi connectivity index (χ2v) is 3.44. The topological polar surface area (TPSA) is 57.5 Å².